The number of rotatable bonds is 5. The molecule has 2 aromatic carbocycles. The van der Waals surface area contributed by atoms with Crippen LogP contribution in [0.15, 0.2) is 48.5 Å². The van der Waals surface area contributed by atoms with Gasteiger partial charge in [0.1, 0.15) is 11.6 Å². The molecule has 0 heterocycles. The predicted molar refractivity (Wildman–Crippen MR) is 84.6 cm³/mol. The van der Waals surface area contributed by atoms with Crippen LogP contribution in [-0.4, -0.2) is 12.6 Å². The number of ether oxygens (including phenoxy) is 1. The molecule has 0 spiro atoms. The van der Waals surface area contributed by atoms with Crippen molar-refractivity contribution in [3.05, 3.63) is 59.9 Å². The van der Waals surface area contributed by atoms with E-state index in [1.54, 1.807) is 36.4 Å². The number of hydrogen-bond acceptors (Lipinski definition) is 2. The molecule has 0 bridgehead atoms. The van der Waals surface area contributed by atoms with Gasteiger partial charge in [0.05, 0.1) is 12.6 Å². The molecular formula is C17H19FN2O2. The first-order valence-electron chi connectivity index (χ1n) is 7.14. The van der Waals surface area contributed by atoms with Crippen molar-refractivity contribution in [1.29, 1.82) is 0 Å². The van der Waals surface area contributed by atoms with E-state index in [1.165, 1.54) is 12.1 Å². The lowest BCUT2D eigenvalue weighted by Crippen LogP contribution is -2.31. The fraction of sp³-hybridized carbons (Fsp3) is 0.235. The van der Waals surface area contributed by atoms with Gasteiger partial charge in [0.15, 0.2) is 0 Å². The Bertz CT molecular complexity index is 612. The van der Waals surface area contributed by atoms with Crippen molar-refractivity contribution in [1.82, 2.24) is 5.32 Å². The smallest absolute Gasteiger partial charge is 0.319 e. The zero-order chi connectivity index (χ0) is 15.9. The van der Waals surface area contributed by atoms with Gasteiger partial charge in [0.25, 0.3) is 0 Å². The number of halogens is 1. The second kappa shape index (κ2) is 7.45. The maximum absolute atomic E-state index is 12.9. The molecule has 0 aliphatic rings. The van der Waals surface area contributed by atoms with Crippen LogP contribution in [0.25, 0.3) is 0 Å². The molecule has 2 amide bonds. The van der Waals surface area contributed by atoms with E-state index in [-0.39, 0.29) is 17.9 Å². The Kier molecular flexibility index (Phi) is 5.36. The molecule has 0 saturated heterocycles. The van der Waals surface area contributed by atoms with Crippen LogP contribution in [0.3, 0.4) is 0 Å². The molecular weight excluding hydrogens is 283 g/mol. The van der Waals surface area contributed by atoms with E-state index < -0.39 is 0 Å². The van der Waals surface area contributed by atoms with Gasteiger partial charge in [-0.15, -0.1) is 0 Å². The van der Waals surface area contributed by atoms with Crippen molar-refractivity contribution in [2.45, 2.75) is 19.9 Å². The van der Waals surface area contributed by atoms with Gasteiger partial charge in [0.2, 0.25) is 0 Å². The average Bonchev–Trinajstić information content (AvgIpc) is 2.50. The van der Waals surface area contributed by atoms with Crippen LogP contribution in [0.4, 0.5) is 14.9 Å². The number of hydrogen-bond donors (Lipinski definition) is 2. The van der Waals surface area contributed by atoms with Crippen LogP contribution in [0.1, 0.15) is 25.5 Å². The van der Waals surface area contributed by atoms with Gasteiger partial charge in [-0.25, -0.2) is 9.18 Å². The van der Waals surface area contributed by atoms with Crippen molar-refractivity contribution < 1.29 is 13.9 Å². The Morgan fingerprint density at radius 2 is 1.77 bits per heavy atom. The van der Waals surface area contributed by atoms with Crippen molar-refractivity contribution >= 4 is 11.7 Å². The molecule has 4 nitrogen and oxygen atoms in total. The topological polar surface area (TPSA) is 50.4 Å². The molecule has 1 unspecified atom stereocenters. The van der Waals surface area contributed by atoms with Crippen molar-refractivity contribution in [3.63, 3.8) is 0 Å². The van der Waals surface area contributed by atoms with Crippen molar-refractivity contribution in [2.24, 2.45) is 0 Å². The largest absolute Gasteiger partial charge is 0.494 e. The minimum absolute atomic E-state index is 0.219. The Balaban J connectivity index is 1.90. The Morgan fingerprint density at radius 3 is 2.36 bits per heavy atom. The third-order valence-electron chi connectivity index (χ3n) is 3.14. The molecule has 2 rings (SSSR count). The number of urea groups is 1. The first kappa shape index (κ1) is 15.8. The standard InChI is InChI=1S/C17H19FN2O2/c1-3-22-16-10-8-15(9-11-16)20-17(21)19-12(2)13-4-6-14(18)7-5-13/h4-12H,3H2,1-2H3,(H2,19,20,21). The number of anilines is 1. The van der Waals surface area contributed by atoms with Gasteiger partial charge >= 0.3 is 6.03 Å². The molecule has 5 heteroatoms. The average molecular weight is 302 g/mol. The highest BCUT2D eigenvalue weighted by atomic mass is 19.1. The van der Waals surface area contributed by atoms with E-state index in [2.05, 4.69) is 10.6 Å². The minimum atomic E-state index is -0.319. The summed E-state index contributed by atoms with van der Waals surface area (Å²) in [4.78, 5) is 11.9. The number of nitrogens with one attached hydrogen (secondary N) is 2. The summed E-state index contributed by atoms with van der Waals surface area (Å²) in [7, 11) is 0. The molecule has 0 aliphatic carbocycles. The number of carbonyl (C=O) groups is 1. The molecule has 116 valence electrons. The highest BCUT2D eigenvalue weighted by molar-refractivity contribution is 5.89. The zero-order valence-electron chi connectivity index (χ0n) is 12.6. The molecule has 0 saturated carbocycles. The normalized spacial score (nSPS) is 11.6. The minimum Gasteiger partial charge on any atom is -0.494 e. The molecule has 0 radical (unpaired) electrons. The molecule has 0 aliphatic heterocycles. The van der Waals surface area contributed by atoms with Crippen molar-refractivity contribution in [3.8, 4) is 5.75 Å². The summed E-state index contributed by atoms with van der Waals surface area (Å²) < 4.78 is 18.2. The van der Waals surface area contributed by atoms with Gasteiger partial charge in [-0.2, -0.15) is 0 Å². The van der Waals surface area contributed by atoms with Crippen LogP contribution >= 0.6 is 0 Å². The summed E-state index contributed by atoms with van der Waals surface area (Å²) in [5, 5.41) is 5.54. The summed E-state index contributed by atoms with van der Waals surface area (Å²) in [6.07, 6.45) is 0. The lowest BCUT2D eigenvalue weighted by atomic mass is 10.1. The quantitative estimate of drug-likeness (QED) is 0.873. The van der Waals surface area contributed by atoms with E-state index in [0.29, 0.717) is 12.3 Å². The zero-order valence-corrected chi connectivity index (χ0v) is 12.6. The number of carbonyl (C=O) groups excluding carboxylic acids is 1. The van der Waals surface area contributed by atoms with Crippen LogP contribution in [0, 0.1) is 5.82 Å². The van der Waals surface area contributed by atoms with Crippen LogP contribution < -0.4 is 15.4 Å². The predicted octanol–water partition coefficient (Wildman–Crippen LogP) is 4.11. The summed E-state index contributed by atoms with van der Waals surface area (Å²) in [5.74, 6) is 0.461. The third kappa shape index (κ3) is 4.48. The molecule has 22 heavy (non-hydrogen) atoms. The second-order valence-electron chi connectivity index (χ2n) is 4.83. The molecule has 0 aromatic heterocycles. The summed E-state index contributed by atoms with van der Waals surface area (Å²) >= 11 is 0. The number of amides is 2. The molecule has 2 N–H and O–H groups in total. The summed E-state index contributed by atoms with van der Waals surface area (Å²) in [5.41, 5.74) is 1.51. The van der Waals surface area contributed by atoms with Gasteiger partial charge in [0, 0.05) is 5.69 Å². The van der Waals surface area contributed by atoms with E-state index in [9.17, 15) is 9.18 Å². The SMILES string of the molecule is CCOc1ccc(NC(=O)NC(C)c2ccc(F)cc2)cc1. The highest BCUT2D eigenvalue weighted by Gasteiger charge is 2.09. The van der Waals surface area contributed by atoms with Gasteiger partial charge in [-0.3, -0.25) is 0 Å². The molecule has 1 atom stereocenters. The van der Waals surface area contributed by atoms with E-state index >= 15 is 0 Å². The lowest BCUT2D eigenvalue weighted by molar-refractivity contribution is 0.249. The second-order valence-corrected chi connectivity index (χ2v) is 4.83. The Labute approximate surface area is 129 Å². The van der Waals surface area contributed by atoms with Gasteiger partial charge in [-0.1, -0.05) is 12.1 Å². The molecule has 0 fully saturated rings. The Morgan fingerprint density at radius 1 is 1.14 bits per heavy atom. The van der Waals surface area contributed by atoms with Crippen LogP contribution in [0.2, 0.25) is 0 Å². The highest BCUT2D eigenvalue weighted by Crippen LogP contribution is 2.16. The number of benzene rings is 2. The van der Waals surface area contributed by atoms with Gasteiger partial charge < -0.3 is 15.4 Å². The Hall–Kier alpha value is -2.56. The maximum Gasteiger partial charge on any atom is 0.319 e. The van der Waals surface area contributed by atoms with Crippen LogP contribution in [0.5, 0.6) is 5.75 Å². The first-order valence-corrected chi connectivity index (χ1v) is 7.14. The van der Waals surface area contributed by atoms with E-state index in [0.717, 1.165) is 11.3 Å². The summed E-state index contributed by atoms with van der Waals surface area (Å²) in [6.45, 7) is 4.35. The molecule has 2 aromatic rings. The van der Waals surface area contributed by atoms with Gasteiger partial charge in [-0.05, 0) is 55.8 Å². The fourth-order valence-corrected chi connectivity index (χ4v) is 2.00. The van der Waals surface area contributed by atoms with E-state index in [4.69, 9.17) is 4.74 Å². The van der Waals surface area contributed by atoms with Crippen molar-refractivity contribution in [2.75, 3.05) is 11.9 Å². The maximum atomic E-state index is 12.9. The monoisotopic (exact) mass is 302 g/mol. The fourth-order valence-electron chi connectivity index (χ4n) is 2.00. The first-order chi connectivity index (χ1) is 10.6. The summed E-state index contributed by atoms with van der Waals surface area (Å²) in [6, 6.07) is 12.6. The third-order valence-corrected chi connectivity index (χ3v) is 3.14. The lowest BCUT2D eigenvalue weighted by Gasteiger charge is -2.15. The van der Waals surface area contributed by atoms with Crippen LogP contribution in [-0.2, 0) is 0 Å². The van der Waals surface area contributed by atoms with E-state index in [1.807, 2.05) is 13.8 Å².